The summed E-state index contributed by atoms with van der Waals surface area (Å²) in [5.41, 5.74) is 0.507. The van der Waals surface area contributed by atoms with E-state index in [1.807, 2.05) is 11.4 Å². The summed E-state index contributed by atoms with van der Waals surface area (Å²) in [4.78, 5) is 12.8. The minimum atomic E-state index is -0.152. The van der Waals surface area contributed by atoms with E-state index in [2.05, 4.69) is 37.2 Å². The van der Waals surface area contributed by atoms with E-state index in [0.717, 1.165) is 9.35 Å². The van der Waals surface area contributed by atoms with Crippen LogP contribution in [0.4, 0.5) is 0 Å². The Bertz CT molecular complexity index is 506. The molecule has 0 saturated carbocycles. The fourth-order valence-electron chi connectivity index (χ4n) is 1.16. The molecule has 0 radical (unpaired) electrons. The Balaban J connectivity index is 1.99. The zero-order valence-corrected chi connectivity index (χ0v) is 12.0. The predicted molar refractivity (Wildman–Crippen MR) is 69.6 cm³/mol. The molecule has 0 aliphatic carbocycles. The fraction of sp³-hybridized carbons (Fsp3) is 0.100. The van der Waals surface area contributed by atoms with Gasteiger partial charge in [-0.25, -0.2) is 0 Å². The number of carbonyl (C=O) groups is 1. The first-order chi connectivity index (χ1) is 7.68. The van der Waals surface area contributed by atoms with Gasteiger partial charge in [0.25, 0.3) is 5.91 Å². The van der Waals surface area contributed by atoms with Crippen molar-refractivity contribution in [1.82, 2.24) is 5.32 Å². The summed E-state index contributed by atoms with van der Waals surface area (Å²) in [6.45, 7) is 0.509. The van der Waals surface area contributed by atoms with E-state index in [0.29, 0.717) is 16.8 Å². The van der Waals surface area contributed by atoms with Crippen LogP contribution in [0.2, 0.25) is 0 Å². The third-order valence-corrected chi connectivity index (χ3v) is 4.50. The summed E-state index contributed by atoms with van der Waals surface area (Å²) < 4.78 is 6.47. The quantitative estimate of drug-likeness (QED) is 0.900. The number of nitrogens with one attached hydrogen (secondary N) is 1. The molecule has 0 bridgehead atoms. The Morgan fingerprint density at radius 3 is 2.81 bits per heavy atom. The summed E-state index contributed by atoms with van der Waals surface area (Å²) in [6.07, 6.45) is 1.47. The van der Waals surface area contributed by atoms with Crippen molar-refractivity contribution in [3.8, 4) is 0 Å². The van der Waals surface area contributed by atoms with Gasteiger partial charge in [0, 0.05) is 9.35 Å². The number of carbonyl (C=O) groups excluding carboxylic acids is 1. The first kappa shape index (κ1) is 11.9. The lowest BCUT2D eigenvalue weighted by Crippen LogP contribution is -2.22. The number of rotatable bonds is 3. The number of hydrogen-bond donors (Lipinski definition) is 1. The summed E-state index contributed by atoms with van der Waals surface area (Å²) in [6, 6.07) is 3.59. The third-order valence-electron chi connectivity index (χ3n) is 1.96. The van der Waals surface area contributed by atoms with E-state index >= 15 is 0 Å². The Labute approximate surface area is 113 Å². The summed E-state index contributed by atoms with van der Waals surface area (Å²) in [5.74, 6) is -0.152. The van der Waals surface area contributed by atoms with E-state index in [9.17, 15) is 4.79 Å². The smallest absolute Gasteiger partial charge is 0.256 e. The van der Waals surface area contributed by atoms with Gasteiger partial charge in [-0.2, -0.15) is 0 Å². The lowest BCUT2D eigenvalue weighted by Gasteiger charge is -2.02. The van der Waals surface area contributed by atoms with Gasteiger partial charge >= 0.3 is 0 Å². The molecule has 2 heterocycles. The molecule has 6 heteroatoms. The summed E-state index contributed by atoms with van der Waals surface area (Å²) in [7, 11) is 0. The van der Waals surface area contributed by atoms with Gasteiger partial charge in [0.2, 0.25) is 0 Å². The van der Waals surface area contributed by atoms with Crippen LogP contribution in [0.5, 0.6) is 0 Å². The Hall–Kier alpha value is -0.590. The average Bonchev–Trinajstić information content (AvgIpc) is 2.84. The minimum Gasteiger partial charge on any atom is -0.457 e. The maximum absolute atomic E-state index is 11.7. The lowest BCUT2D eigenvalue weighted by atomic mass is 10.3. The molecule has 0 spiro atoms. The highest BCUT2D eigenvalue weighted by atomic mass is 79.9. The van der Waals surface area contributed by atoms with Crippen molar-refractivity contribution in [1.29, 1.82) is 0 Å². The predicted octanol–water partition coefficient (Wildman–Crippen LogP) is 3.80. The molecule has 2 rings (SSSR count). The van der Waals surface area contributed by atoms with Crippen molar-refractivity contribution in [2.24, 2.45) is 0 Å². The molecule has 1 N–H and O–H groups in total. The highest BCUT2D eigenvalue weighted by Crippen LogP contribution is 2.23. The second-order valence-electron chi connectivity index (χ2n) is 2.98. The van der Waals surface area contributed by atoms with E-state index in [1.54, 1.807) is 17.4 Å². The van der Waals surface area contributed by atoms with E-state index in [-0.39, 0.29) is 5.91 Å². The van der Waals surface area contributed by atoms with Crippen LogP contribution in [-0.2, 0) is 6.54 Å². The van der Waals surface area contributed by atoms with E-state index < -0.39 is 0 Å². The van der Waals surface area contributed by atoms with Crippen LogP contribution < -0.4 is 5.32 Å². The fourth-order valence-corrected chi connectivity index (χ4v) is 3.02. The standard InChI is InChI=1S/C10H7Br2NO2S/c11-7-2-4-16-8(7)5-13-10(14)6-1-3-15-9(6)12/h1-4H,5H2,(H,13,14). The molecule has 0 saturated heterocycles. The molecule has 1 amide bonds. The number of furan rings is 1. The van der Waals surface area contributed by atoms with Crippen LogP contribution in [0.25, 0.3) is 0 Å². The van der Waals surface area contributed by atoms with Gasteiger partial charge in [-0.3, -0.25) is 4.79 Å². The van der Waals surface area contributed by atoms with Crippen molar-refractivity contribution in [2.45, 2.75) is 6.54 Å². The van der Waals surface area contributed by atoms with Gasteiger partial charge in [-0.15, -0.1) is 11.3 Å². The molecule has 0 unspecified atom stereocenters. The normalized spacial score (nSPS) is 10.4. The SMILES string of the molecule is O=C(NCc1sccc1Br)c1ccoc1Br. The van der Waals surface area contributed by atoms with E-state index in [1.165, 1.54) is 6.26 Å². The molecule has 2 aromatic rings. The van der Waals surface area contributed by atoms with Crippen LogP contribution in [-0.4, -0.2) is 5.91 Å². The van der Waals surface area contributed by atoms with Gasteiger partial charge in [-0.1, -0.05) is 0 Å². The lowest BCUT2D eigenvalue weighted by molar-refractivity contribution is 0.0949. The molecular formula is C10H7Br2NO2S. The van der Waals surface area contributed by atoms with Crippen LogP contribution in [0.15, 0.2) is 37.3 Å². The van der Waals surface area contributed by atoms with Crippen LogP contribution >= 0.6 is 43.2 Å². The Morgan fingerprint density at radius 1 is 1.44 bits per heavy atom. The first-order valence-electron chi connectivity index (χ1n) is 4.41. The van der Waals surface area contributed by atoms with Crippen LogP contribution in [0, 0.1) is 0 Å². The molecule has 0 aliphatic heterocycles. The number of amides is 1. The van der Waals surface area contributed by atoms with Gasteiger partial charge in [0.05, 0.1) is 18.4 Å². The Kier molecular flexibility index (Phi) is 3.83. The molecule has 0 aliphatic rings. The van der Waals surface area contributed by atoms with Crippen molar-refractivity contribution < 1.29 is 9.21 Å². The van der Waals surface area contributed by atoms with Gasteiger partial charge in [0.1, 0.15) is 0 Å². The van der Waals surface area contributed by atoms with Gasteiger partial charge < -0.3 is 9.73 Å². The third kappa shape index (κ3) is 2.56. The maximum atomic E-state index is 11.7. The highest BCUT2D eigenvalue weighted by molar-refractivity contribution is 9.10. The monoisotopic (exact) mass is 363 g/mol. The molecule has 0 fully saturated rings. The topological polar surface area (TPSA) is 42.2 Å². The Morgan fingerprint density at radius 2 is 2.25 bits per heavy atom. The van der Waals surface area contributed by atoms with Crippen LogP contribution in [0.1, 0.15) is 15.2 Å². The minimum absolute atomic E-state index is 0.152. The van der Waals surface area contributed by atoms with Crippen LogP contribution in [0.3, 0.4) is 0 Å². The molecule has 84 valence electrons. The first-order valence-corrected chi connectivity index (χ1v) is 6.88. The van der Waals surface area contributed by atoms with Crippen molar-refractivity contribution >= 4 is 49.1 Å². The second-order valence-corrected chi connectivity index (χ2v) is 5.56. The zero-order valence-electron chi connectivity index (χ0n) is 8.00. The summed E-state index contributed by atoms with van der Waals surface area (Å²) >= 11 is 8.17. The number of thiophene rings is 1. The molecule has 2 aromatic heterocycles. The van der Waals surface area contributed by atoms with Gasteiger partial charge in [-0.05, 0) is 49.4 Å². The average molecular weight is 365 g/mol. The number of hydrogen-bond acceptors (Lipinski definition) is 3. The van der Waals surface area contributed by atoms with E-state index in [4.69, 9.17) is 4.42 Å². The van der Waals surface area contributed by atoms with Crippen molar-refractivity contribution in [3.05, 3.63) is 43.4 Å². The molecule has 16 heavy (non-hydrogen) atoms. The molecule has 0 atom stereocenters. The van der Waals surface area contributed by atoms with Crippen molar-refractivity contribution in [2.75, 3.05) is 0 Å². The maximum Gasteiger partial charge on any atom is 0.256 e. The number of halogens is 2. The molecular weight excluding hydrogens is 358 g/mol. The second kappa shape index (κ2) is 5.16. The highest BCUT2D eigenvalue weighted by Gasteiger charge is 2.12. The zero-order chi connectivity index (χ0) is 11.5. The largest absolute Gasteiger partial charge is 0.457 e. The summed E-state index contributed by atoms with van der Waals surface area (Å²) in [5, 5.41) is 4.79. The molecule has 3 nitrogen and oxygen atoms in total. The van der Waals surface area contributed by atoms with Gasteiger partial charge in [0.15, 0.2) is 4.67 Å². The molecule has 0 aromatic carbocycles. The van der Waals surface area contributed by atoms with Crippen molar-refractivity contribution in [3.63, 3.8) is 0 Å².